The van der Waals surface area contributed by atoms with Crippen LogP contribution in [0.1, 0.15) is 0 Å². The van der Waals surface area contributed by atoms with Gasteiger partial charge >= 0.3 is 0 Å². The number of ether oxygens (including phenoxy) is 2. The molecule has 5 heteroatoms. The summed E-state index contributed by atoms with van der Waals surface area (Å²) >= 11 is 5.75. The Morgan fingerprint density at radius 2 is 2.13 bits per heavy atom. The van der Waals surface area contributed by atoms with Crippen LogP contribution in [0.5, 0.6) is 5.75 Å². The summed E-state index contributed by atoms with van der Waals surface area (Å²) in [5, 5.41) is 3.75. The summed E-state index contributed by atoms with van der Waals surface area (Å²) in [5.74, 6) is 0.691. The van der Waals surface area contributed by atoms with Crippen molar-refractivity contribution in [3.63, 3.8) is 0 Å². The molecule has 15 heavy (non-hydrogen) atoms. The zero-order chi connectivity index (χ0) is 10.9. The van der Waals surface area contributed by atoms with Crippen molar-refractivity contribution in [2.75, 3.05) is 33.4 Å². The number of pyridine rings is 1. The van der Waals surface area contributed by atoms with Gasteiger partial charge in [0.25, 0.3) is 0 Å². The Bertz CT molecular complexity index is 284. The largest absolute Gasteiger partial charge is 0.491 e. The molecule has 0 saturated carbocycles. The molecule has 0 aromatic carbocycles. The molecule has 0 aliphatic carbocycles. The molecule has 0 unspecified atom stereocenters. The third-order valence-electron chi connectivity index (χ3n) is 1.71. The SMILES string of the molecule is COCCNCCOc1cncc(Cl)c1. The molecular weight excluding hydrogens is 216 g/mol. The lowest BCUT2D eigenvalue weighted by atomic mass is 10.4. The van der Waals surface area contributed by atoms with Gasteiger partial charge in [-0.25, -0.2) is 0 Å². The fourth-order valence-corrected chi connectivity index (χ4v) is 1.18. The van der Waals surface area contributed by atoms with Crippen LogP contribution in [0.15, 0.2) is 18.5 Å². The van der Waals surface area contributed by atoms with Crippen LogP contribution in [0, 0.1) is 0 Å². The summed E-state index contributed by atoms with van der Waals surface area (Å²) in [5.41, 5.74) is 0. The first-order chi connectivity index (χ1) is 7.33. The lowest BCUT2D eigenvalue weighted by Crippen LogP contribution is -2.24. The van der Waals surface area contributed by atoms with Gasteiger partial charge in [0.15, 0.2) is 0 Å². The van der Waals surface area contributed by atoms with Gasteiger partial charge in [0.1, 0.15) is 12.4 Å². The third-order valence-corrected chi connectivity index (χ3v) is 1.92. The monoisotopic (exact) mass is 230 g/mol. The Balaban J connectivity index is 2.10. The summed E-state index contributed by atoms with van der Waals surface area (Å²) in [4.78, 5) is 3.92. The maximum absolute atomic E-state index is 5.75. The third kappa shape index (κ3) is 5.57. The molecule has 1 rings (SSSR count). The van der Waals surface area contributed by atoms with E-state index in [2.05, 4.69) is 10.3 Å². The first-order valence-corrected chi connectivity index (χ1v) is 5.13. The van der Waals surface area contributed by atoms with E-state index in [1.807, 2.05) is 0 Å². The summed E-state index contributed by atoms with van der Waals surface area (Å²) in [7, 11) is 1.68. The van der Waals surface area contributed by atoms with Crippen molar-refractivity contribution in [1.29, 1.82) is 0 Å². The topological polar surface area (TPSA) is 43.4 Å². The quantitative estimate of drug-likeness (QED) is 0.719. The van der Waals surface area contributed by atoms with E-state index in [0.29, 0.717) is 24.0 Å². The highest BCUT2D eigenvalue weighted by Crippen LogP contribution is 2.14. The normalized spacial score (nSPS) is 10.3. The van der Waals surface area contributed by atoms with E-state index in [1.165, 1.54) is 0 Å². The molecule has 0 radical (unpaired) electrons. The molecule has 0 amide bonds. The van der Waals surface area contributed by atoms with Crippen molar-refractivity contribution < 1.29 is 9.47 Å². The van der Waals surface area contributed by atoms with Crippen LogP contribution in [0.3, 0.4) is 0 Å². The predicted molar refractivity (Wildman–Crippen MR) is 59.5 cm³/mol. The Morgan fingerprint density at radius 1 is 1.33 bits per heavy atom. The first-order valence-electron chi connectivity index (χ1n) is 4.76. The second kappa shape index (κ2) is 7.45. The predicted octanol–water partition coefficient (Wildman–Crippen LogP) is 1.35. The highest BCUT2D eigenvalue weighted by molar-refractivity contribution is 6.30. The molecule has 4 nitrogen and oxygen atoms in total. The molecule has 0 aliphatic heterocycles. The summed E-state index contributed by atoms with van der Waals surface area (Å²) < 4.78 is 10.3. The van der Waals surface area contributed by atoms with Crippen molar-refractivity contribution in [3.05, 3.63) is 23.5 Å². The number of hydrogen-bond donors (Lipinski definition) is 1. The maximum Gasteiger partial charge on any atom is 0.139 e. The van der Waals surface area contributed by atoms with Gasteiger partial charge in [-0.2, -0.15) is 0 Å². The number of methoxy groups -OCH3 is 1. The van der Waals surface area contributed by atoms with Crippen LogP contribution in [0.25, 0.3) is 0 Å². The molecular formula is C10H15ClN2O2. The Labute approximate surface area is 94.6 Å². The number of hydrogen-bond acceptors (Lipinski definition) is 4. The van der Waals surface area contributed by atoms with E-state index in [-0.39, 0.29) is 0 Å². The number of rotatable bonds is 7. The molecule has 0 fully saturated rings. The molecule has 1 aromatic heterocycles. The van der Waals surface area contributed by atoms with Crippen molar-refractivity contribution >= 4 is 11.6 Å². The second-order valence-corrected chi connectivity index (χ2v) is 3.37. The van der Waals surface area contributed by atoms with E-state index in [9.17, 15) is 0 Å². The smallest absolute Gasteiger partial charge is 0.139 e. The molecule has 0 spiro atoms. The van der Waals surface area contributed by atoms with Gasteiger partial charge in [0.2, 0.25) is 0 Å². The Morgan fingerprint density at radius 3 is 2.87 bits per heavy atom. The van der Waals surface area contributed by atoms with E-state index >= 15 is 0 Å². The minimum absolute atomic E-state index is 0.583. The van der Waals surface area contributed by atoms with Crippen LogP contribution in [0.4, 0.5) is 0 Å². The van der Waals surface area contributed by atoms with Crippen LogP contribution < -0.4 is 10.1 Å². The van der Waals surface area contributed by atoms with Gasteiger partial charge in [-0.1, -0.05) is 11.6 Å². The second-order valence-electron chi connectivity index (χ2n) is 2.93. The van der Waals surface area contributed by atoms with Gasteiger partial charge in [-0.3, -0.25) is 4.98 Å². The van der Waals surface area contributed by atoms with Crippen molar-refractivity contribution in [2.45, 2.75) is 0 Å². The fraction of sp³-hybridized carbons (Fsp3) is 0.500. The molecule has 84 valence electrons. The lowest BCUT2D eigenvalue weighted by Gasteiger charge is -2.06. The average molecular weight is 231 g/mol. The van der Waals surface area contributed by atoms with Crippen molar-refractivity contribution in [1.82, 2.24) is 10.3 Å². The first kappa shape index (κ1) is 12.2. The highest BCUT2D eigenvalue weighted by Gasteiger charge is 1.95. The van der Waals surface area contributed by atoms with Crippen LogP contribution in [-0.4, -0.2) is 38.4 Å². The van der Waals surface area contributed by atoms with Gasteiger partial charge < -0.3 is 14.8 Å². The van der Waals surface area contributed by atoms with Gasteiger partial charge in [-0.05, 0) is 0 Å². The minimum atomic E-state index is 0.583. The zero-order valence-electron chi connectivity index (χ0n) is 8.70. The van der Waals surface area contributed by atoms with E-state index in [1.54, 1.807) is 25.6 Å². The van der Waals surface area contributed by atoms with Gasteiger partial charge in [0.05, 0.1) is 17.8 Å². The minimum Gasteiger partial charge on any atom is -0.491 e. The molecule has 1 heterocycles. The number of nitrogens with one attached hydrogen (secondary N) is 1. The molecule has 0 saturated heterocycles. The Hall–Kier alpha value is -0.840. The van der Waals surface area contributed by atoms with Crippen molar-refractivity contribution in [2.24, 2.45) is 0 Å². The fourth-order valence-electron chi connectivity index (χ4n) is 1.01. The zero-order valence-corrected chi connectivity index (χ0v) is 9.46. The van der Waals surface area contributed by atoms with E-state index in [4.69, 9.17) is 21.1 Å². The number of nitrogens with zero attached hydrogens (tertiary/aromatic N) is 1. The number of halogens is 1. The van der Waals surface area contributed by atoms with E-state index in [0.717, 1.165) is 13.1 Å². The Kier molecular flexibility index (Phi) is 6.08. The maximum atomic E-state index is 5.75. The standard InChI is InChI=1S/C10H15ClN2O2/c1-14-4-2-12-3-5-15-10-6-9(11)7-13-8-10/h6-8,12H,2-5H2,1H3. The van der Waals surface area contributed by atoms with Gasteiger partial charge in [0, 0.05) is 32.5 Å². The van der Waals surface area contributed by atoms with Crippen LogP contribution in [-0.2, 0) is 4.74 Å². The lowest BCUT2D eigenvalue weighted by molar-refractivity contribution is 0.196. The molecule has 0 aliphatic rings. The summed E-state index contributed by atoms with van der Waals surface area (Å²) in [6, 6.07) is 1.74. The van der Waals surface area contributed by atoms with Crippen LogP contribution in [0.2, 0.25) is 5.02 Å². The summed E-state index contributed by atoms with van der Waals surface area (Å²) in [6.07, 6.45) is 3.21. The van der Waals surface area contributed by atoms with E-state index < -0.39 is 0 Å². The van der Waals surface area contributed by atoms with Gasteiger partial charge in [-0.15, -0.1) is 0 Å². The summed E-state index contributed by atoms with van der Waals surface area (Å²) in [6.45, 7) is 2.90. The molecule has 1 aromatic rings. The highest BCUT2D eigenvalue weighted by atomic mass is 35.5. The van der Waals surface area contributed by atoms with Crippen molar-refractivity contribution in [3.8, 4) is 5.75 Å². The van der Waals surface area contributed by atoms with Crippen LogP contribution >= 0.6 is 11.6 Å². The molecule has 0 bridgehead atoms. The number of aromatic nitrogens is 1. The molecule has 1 N–H and O–H groups in total. The molecule has 0 atom stereocenters. The average Bonchev–Trinajstić information content (AvgIpc) is 2.23.